The lowest BCUT2D eigenvalue weighted by molar-refractivity contribution is -0.244. The maximum Gasteiger partial charge on any atom is 0.416 e. The molecule has 0 unspecified atom stereocenters. The monoisotopic (exact) mass is 466 g/mol. The van der Waals surface area contributed by atoms with Gasteiger partial charge in [-0.2, -0.15) is 22.0 Å². The van der Waals surface area contributed by atoms with Crippen LogP contribution in [-0.2, 0) is 23.9 Å². The standard InChI is InChI=1S/C27H31F5O/c1-2-3-4-5-20-6-12-23(13-7-20)24-14-8-22(9-15-24)19-33-26(28,29)18-21-10-16-25(17-11-21)27(30,31)32/h2-3,8-11,14-17,20,23H,4-7,12-13,18-19H2,1H3. The van der Waals surface area contributed by atoms with Crippen molar-refractivity contribution in [1.29, 1.82) is 0 Å². The van der Waals surface area contributed by atoms with Crippen LogP contribution >= 0.6 is 0 Å². The van der Waals surface area contributed by atoms with Gasteiger partial charge < -0.3 is 4.74 Å². The molecule has 1 nitrogen and oxygen atoms in total. The number of rotatable bonds is 9. The maximum absolute atomic E-state index is 14.2. The molecule has 0 heterocycles. The van der Waals surface area contributed by atoms with Crippen molar-refractivity contribution < 1.29 is 26.7 Å². The van der Waals surface area contributed by atoms with E-state index < -0.39 is 24.3 Å². The third kappa shape index (κ3) is 7.95. The SMILES string of the molecule is CC=CCCC1CCC(c2ccc(COC(F)(F)Cc3ccc(C(F)(F)F)cc3)cc2)CC1. The number of hydrogen-bond donors (Lipinski definition) is 0. The Morgan fingerprint density at radius 2 is 1.45 bits per heavy atom. The summed E-state index contributed by atoms with van der Waals surface area (Å²) in [5.41, 5.74) is 1.11. The van der Waals surface area contributed by atoms with E-state index in [0.29, 0.717) is 11.5 Å². The largest absolute Gasteiger partial charge is 0.416 e. The molecule has 0 radical (unpaired) electrons. The molecular formula is C27H31F5O. The van der Waals surface area contributed by atoms with Crippen LogP contribution in [0, 0.1) is 5.92 Å². The Balaban J connectivity index is 1.47. The minimum Gasteiger partial charge on any atom is -0.315 e. The fourth-order valence-electron chi connectivity index (χ4n) is 4.46. The van der Waals surface area contributed by atoms with Gasteiger partial charge in [0.25, 0.3) is 0 Å². The molecule has 0 N–H and O–H groups in total. The molecule has 1 aliphatic rings. The molecule has 2 aromatic carbocycles. The summed E-state index contributed by atoms with van der Waals surface area (Å²) in [6.07, 6.45) is 2.73. The summed E-state index contributed by atoms with van der Waals surface area (Å²) in [7, 11) is 0. The Hall–Kier alpha value is -2.21. The highest BCUT2D eigenvalue weighted by molar-refractivity contribution is 5.26. The number of alkyl halides is 5. The van der Waals surface area contributed by atoms with Crippen molar-refractivity contribution in [3.05, 3.63) is 82.9 Å². The van der Waals surface area contributed by atoms with Crippen molar-refractivity contribution in [2.75, 3.05) is 0 Å². The van der Waals surface area contributed by atoms with Gasteiger partial charge in [0.15, 0.2) is 0 Å². The molecule has 3 rings (SSSR count). The van der Waals surface area contributed by atoms with Gasteiger partial charge in [-0.3, -0.25) is 0 Å². The van der Waals surface area contributed by atoms with Gasteiger partial charge in [-0.1, -0.05) is 48.6 Å². The van der Waals surface area contributed by atoms with E-state index in [4.69, 9.17) is 4.74 Å². The highest BCUT2D eigenvalue weighted by Crippen LogP contribution is 2.38. The molecule has 0 saturated heterocycles. The average Bonchev–Trinajstić information content (AvgIpc) is 2.78. The second-order valence-corrected chi connectivity index (χ2v) is 8.90. The summed E-state index contributed by atoms with van der Waals surface area (Å²) in [4.78, 5) is 0. The second kappa shape index (κ2) is 11.3. The first kappa shape index (κ1) is 25.4. The van der Waals surface area contributed by atoms with Gasteiger partial charge in [0.2, 0.25) is 0 Å². The van der Waals surface area contributed by atoms with Crippen LogP contribution in [0.25, 0.3) is 0 Å². The van der Waals surface area contributed by atoms with Crippen LogP contribution in [0.4, 0.5) is 22.0 Å². The van der Waals surface area contributed by atoms with Gasteiger partial charge in [-0.05, 0) is 86.1 Å². The number of halogens is 5. The van der Waals surface area contributed by atoms with Crippen molar-refractivity contribution in [1.82, 2.24) is 0 Å². The summed E-state index contributed by atoms with van der Waals surface area (Å²) in [5, 5.41) is 0. The van der Waals surface area contributed by atoms with E-state index in [0.717, 1.165) is 49.4 Å². The van der Waals surface area contributed by atoms with Gasteiger partial charge in [0.05, 0.1) is 18.6 Å². The molecular weight excluding hydrogens is 435 g/mol. The van der Waals surface area contributed by atoms with E-state index in [1.807, 2.05) is 31.2 Å². The zero-order valence-electron chi connectivity index (χ0n) is 18.9. The van der Waals surface area contributed by atoms with E-state index in [1.54, 1.807) is 0 Å². The molecule has 2 aromatic rings. The normalized spacial score (nSPS) is 19.8. The van der Waals surface area contributed by atoms with Crippen LogP contribution in [-0.4, -0.2) is 6.11 Å². The van der Waals surface area contributed by atoms with Gasteiger partial charge in [-0.15, -0.1) is 0 Å². The minimum absolute atomic E-state index is 0.0877. The van der Waals surface area contributed by atoms with Crippen molar-refractivity contribution in [2.45, 2.75) is 76.7 Å². The van der Waals surface area contributed by atoms with E-state index in [-0.39, 0.29) is 12.2 Å². The third-order valence-corrected chi connectivity index (χ3v) is 6.42. The second-order valence-electron chi connectivity index (χ2n) is 8.90. The zero-order valence-corrected chi connectivity index (χ0v) is 18.9. The van der Waals surface area contributed by atoms with E-state index in [2.05, 4.69) is 12.2 Å². The van der Waals surface area contributed by atoms with Crippen molar-refractivity contribution >= 4 is 0 Å². The summed E-state index contributed by atoms with van der Waals surface area (Å²) in [6.45, 7) is 1.79. The van der Waals surface area contributed by atoms with Crippen LogP contribution in [0.5, 0.6) is 0 Å². The Labute approximate surface area is 192 Å². The predicted octanol–water partition coefficient (Wildman–Crippen LogP) is 8.69. The third-order valence-electron chi connectivity index (χ3n) is 6.42. The van der Waals surface area contributed by atoms with Gasteiger partial charge in [-0.25, -0.2) is 0 Å². The van der Waals surface area contributed by atoms with Gasteiger partial charge >= 0.3 is 12.3 Å². The zero-order chi connectivity index (χ0) is 23.9. The van der Waals surface area contributed by atoms with Crippen molar-refractivity contribution in [3.63, 3.8) is 0 Å². The maximum atomic E-state index is 14.2. The van der Waals surface area contributed by atoms with Crippen molar-refractivity contribution in [3.8, 4) is 0 Å². The summed E-state index contributed by atoms with van der Waals surface area (Å²) in [5.74, 6) is 1.30. The molecule has 0 spiro atoms. The van der Waals surface area contributed by atoms with E-state index in [1.165, 1.54) is 24.8 Å². The quantitative estimate of drug-likeness (QED) is 0.265. The molecule has 33 heavy (non-hydrogen) atoms. The topological polar surface area (TPSA) is 9.23 Å². The van der Waals surface area contributed by atoms with Crippen LogP contribution in [0.3, 0.4) is 0 Å². The predicted molar refractivity (Wildman–Crippen MR) is 120 cm³/mol. The molecule has 0 bridgehead atoms. The Bertz CT molecular complexity index is 876. The van der Waals surface area contributed by atoms with Crippen molar-refractivity contribution in [2.24, 2.45) is 5.92 Å². The fraction of sp³-hybridized carbons (Fsp3) is 0.481. The highest BCUT2D eigenvalue weighted by atomic mass is 19.4. The van der Waals surface area contributed by atoms with Crippen LogP contribution in [0.2, 0.25) is 0 Å². The van der Waals surface area contributed by atoms with Gasteiger partial charge in [0.1, 0.15) is 0 Å². The first-order chi connectivity index (χ1) is 15.7. The van der Waals surface area contributed by atoms with Crippen LogP contribution in [0.1, 0.15) is 73.6 Å². The molecule has 0 atom stereocenters. The first-order valence-corrected chi connectivity index (χ1v) is 11.5. The lowest BCUT2D eigenvalue weighted by atomic mass is 9.77. The Morgan fingerprint density at radius 3 is 2.03 bits per heavy atom. The summed E-state index contributed by atoms with van der Waals surface area (Å²) < 4.78 is 71.0. The molecule has 1 fully saturated rings. The number of allylic oxidation sites excluding steroid dienone is 2. The van der Waals surface area contributed by atoms with Gasteiger partial charge in [0, 0.05) is 0 Å². The average molecular weight is 467 g/mol. The van der Waals surface area contributed by atoms with Crippen LogP contribution < -0.4 is 0 Å². The first-order valence-electron chi connectivity index (χ1n) is 11.5. The van der Waals surface area contributed by atoms with Crippen LogP contribution in [0.15, 0.2) is 60.7 Å². The number of ether oxygens (including phenoxy) is 1. The molecule has 0 aliphatic heterocycles. The molecule has 0 aromatic heterocycles. The lowest BCUT2D eigenvalue weighted by Crippen LogP contribution is -2.24. The Morgan fingerprint density at radius 1 is 0.848 bits per heavy atom. The number of benzene rings is 2. The number of hydrogen-bond acceptors (Lipinski definition) is 1. The smallest absolute Gasteiger partial charge is 0.315 e. The highest BCUT2D eigenvalue weighted by Gasteiger charge is 2.33. The summed E-state index contributed by atoms with van der Waals surface area (Å²) in [6, 6.07) is 11.4. The molecule has 1 aliphatic carbocycles. The summed E-state index contributed by atoms with van der Waals surface area (Å²) >= 11 is 0. The molecule has 6 heteroatoms. The Kier molecular flexibility index (Phi) is 8.69. The minimum atomic E-state index is -4.49. The molecule has 1 saturated carbocycles. The van der Waals surface area contributed by atoms with E-state index in [9.17, 15) is 22.0 Å². The fourth-order valence-corrected chi connectivity index (χ4v) is 4.46. The molecule has 180 valence electrons. The molecule has 0 amide bonds. The lowest BCUT2D eigenvalue weighted by Gasteiger charge is -2.28. The van der Waals surface area contributed by atoms with E-state index >= 15 is 0 Å².